The predicted octanol–water partition coefficient (Wildman–Crippen LogP) is 4.27. The van der Waals surface area contributed by atoms with Gasteiger partial charge in [0.25, 0.3) is 0 Å². The van der Waals surface area contributed by atoms with Gasteiger partial charge in [-0.25, -0.2) is 4.68 Å². The van der Waals surface area contributed by atoms with E-state index < -0.39 is 0 Å². The van der Waals surface area contributed by atoms with Gasteiger partial charge in [-0.05, 0) is 35.4 Å². The zero-order chi connectivity index (χ0) is 22.8. The first kappa shape index (κ1) is 20.8. The summed E-state index contributed by atoms with van der Waals surface area (Å²) < 4.78 is 18.6. The van der Waals surface area contributed by atoms with E-state index in [0.717, 1.165) is 34.3 Å². The quantitative estimate of drug-likeness (QED) is 0.425. The molecule has 3 aromatic carbocycles. The van der Waals surface area contributed by atoms with Crippen LogP contribution < -0.4 is 14.2 Å². The largest absolute Gasteiger partial charge is 0.493 e. The topological polar surface area (TPSA) is 74.0 Å². The molecule has 1 unspecified atom stereocenters. The van der Waals surface area contributed by atoms with Crippen molar-refractivity contribution in [2.24, 2.45) is 5.10 Å². The zero-order valence-corrected chi connectivity index (χ0v) is 18.8. The molecule has 8 nitrogen and oxygen atoms in total. The van der Waals surface area contributed by atoms with Crippen LogP contribution in [0.5, 0.6) is 17.2 Å². The fourth-order valence-corrected chi connectivity index (χ4v) is 4.23. The summed E-state index contributed by atoms with van der Waals surface area (Å²) in [6.45, 7) is 0.457. The molecule has 1 atom stereocenters. The molecular formula is C25H25N5O3. The second-order valence-electron chi connectivity index (χ2n) is 7.75. The Bertz CT molecular complexity index is 1280. The number of para-hydroxylation sites is 1. The van der Waals surface area contributed by atoms with Gasteiger partial charge in [0.2, 0.25) is 5.75 Å². The molecule has 5 rings (SSSR count). The molecule has 1 aromatic heterocycles. The van der Waals surface area contributed by atoms with Gasteiger partial charge in [0, 0.05) is 6.42 Å². The van der Waals surface area contributed by atoms with E-state index >= 15 is 0 Å². The second kappa shape index (κ2) is 8.82. The van der Waals surface area contributed by atoms with Crippen molar-refractivity contribution in [2.75, 3.05) is 21.3 Å². The highest BCUT2D eigenvalue weighted by atomic mass is 16.5. The van der Waals surface area contributed by atoms with E-state index in [4.69, 9.17) is 19.3 Å². The van der Waals surface area contributed by atoms with Gasteiger partial charge in [-0.15, -0.1) is 5.10 Å². The van der Waals surface area contributed by atoms with E-state index in [9.17, 15) is 0 Å². The number of ether oxygens (including phenoxy) is 3. The maximum absolute atomic E-state index is 5.60. The van der Waals surface area contributed by atoms with Crippen molar-refractivity contribution in [2.45, 2.75) is 19.1 Å². The van der Waals surface area contributed by atoms with Crippen LogP contribution in [0.3, 0.4) is 0 Å². The van der Waals surface area contributed by atoms with Crippen molar-refractivity contribution in [1.29, 1.82) is 0 Å². The van der Waals surface area contributed by atoms with E-state index in [1.807, 2.05) is 64.3 Å². The number of benzene rings is 3. The van der Waals surface area contributed by atoms with Crippen molar-refractivity contribution in [3.8, 4) is 17.2 Å². The van der Waals surface area contributed by atoms with E-state index in [0.29, 0.717) is 23.9 Å². The van der Waals surface area contributed by atoms with Crippen LogP contribution in [0.25, 0.3) is 11.0 Å². The fourth-order valence-electron chi connectivity index (χ4n) is 4.23. The third-order valence-corrected chi connectivity index (χ3v) is 5.87. The van der Waals surface area contributed by atoms with E-state index in [2.05, 4.69) is 22.4 Å². The van der Waals surface area contributed by atoms with Crippen LogP contribution in [0.4, 0.5) is 0 Å². The monoisotopic (exact) mass is 443 g/mol. The van der Waals surface area contributed by atoms with Gasteiger partial charge in [-0.1, -0.05) is 47.7 Å². The summed E-state index contributed by atoms with van der Waals surface area (Å²) in [5.41, 5.74) is 4.95. The molecule has 0 saturated heterocycles. The molecule has 1 aliphatic heterocycles. The van der Waals surface area contributed by atoms with Crippen LogP contribution in [0, 0.1) is 0 Å². The summed E-state index contributed by atoms with van der Waals surface area (Å²) in [7, 11) is 4.86. The summed E-state index contributed by atoms with van der Waals surface area (Å²) in [5.74, 6) is 1.80. The van der Waals surface area contributed by atoms with Crippen LogP contribution >= 0.6 is 0 Å². The van der Waals surface area contributed by atoms with Gasteiger partial charge < -0.3 is 14.2 Å². The van der Waals surface area contributed by atoms with Gasteiger partial charge in [0.1, 0.15) is 12.2 Å². The first-order valence-corrected chi connectivity index (χ1v) is 10.7. The summed E-state index contributed by atoms with van der Waals surface area (Å²) >= 11 is 0. The molecule has 8 heteroatoms. The van der Waals surface area contributed by atoms with Crippen LogP contribution in [0.15, 0.2) is 71.8 Å². The lowest BCUT2D eigenvalue weighted by Gasteiger charge is -2.25. The molecule has 0 amide bonds. The summed E-state index contributed by atoms with van der Waals surface area (Å²) in [6.07, 6.45) is 0.731. The molecule has 0 bridgehead atoms. The number of fused-ring (bicyclic) bond motifs is 1. The number of hydrogen-bond donors (Lipinski definition) is 0. The number of rotatable bonds is 7. The van der Waals surface area contributed by atoms with Gasteiger partial charge in [0.15, 0.2) is 11.5 Å². The van der Waals surface area contributed by atoms with Crippen molar-refractivity contribution < 1.29 is 14.2 Å². The van der Waals surface area contributed by atoms with Crippen LogP contribution in [-0.4, -0.2) is 47.0 Å². The average molecular weight is 444 g/mol. The predicted molar refractivity (Wildman–Crippen MR) is 126 cm³/mol. The molecule has 0 spiro atoms. The Morgan fingerprint density at radius 1 is 0.879 bits per heavy atom. The molecule has 33 heavy (non-hydrogen) atoms. The van der Waals surface area contributed by atoms with Crippen LogP contribution in [0.1, 0.15) is 23.6 Å². The SMILES string of the molecule is COc1cc(C2CC(c3ccccc3)=NN2Cn2nnc3ccccc32)cc(OC)c1OC. The number of aromatic nitrogens is 3. The summed E-state index contributed by atoms with van der Waals surface area (Å²) in [5, 5.41) is 15.7. The Kier molecular flexibility index (Phi) is 5.56. The standard InChI is InChI=1S/C25H25N5O3/c1-31-23-13-18(14-24(32-2)25(23)33-3)22-15-20(17-9-5-4-6-10-17)27-29(22)16-30-21-12-8-7-11-19(21)26-28-30/h4-14,22H,15-16H2,1-3H3. The van der Waals surface area contributed by atoms with Crippen LogP contribution in [0.2, 0.25) is 0 Å². The van der Waals surface area contributed by atoms with Gasteiger partial charge in [-0.3, -0.25) is 5.01 Å². The van der Waals surface area contributed by atoms with E-state index in [-0.39, 0.29) is 6.04 Å². The van der Waals surface area contributed by atoms with Gasteiger partial charge >= 0.3 is 0 Å². The van der Waals surface area contributed by atoms with Crippen LogP contribution in [-0.2, 0) is 6.67 Å². The highest BCUT2D eigenvalue weighted by Gasteiger charge is 2.31. The molecular weight excluding hydrogens is 418 g/mol. The van der Waals surface area contributed by atoms with Gasteiger partial charge in [-0.2, -0.15) is 5.10 Å². The minimum Gasteiger partial charge on any atom is -0.493 e. The molecule has 2 heterocycles. The third kappa shape index (κ3) is 3.84. The van der Waals surface area contributed by atoms with E-state index in [1.54, 1.807) is 21.3 Å². The Hall–Kier alpha value is -4.07. The third-order valence-electron chi connectivity index (χ3n) is 5.87. The number of hydrogen-bond acceptors (Lipinski definition) is 7. The lowest BCUT2D eigenvalue weighted by atomic mass is 9.98. The molecule has 0 N–H and O–H groups in total. The zero-order valence-electron chi connectivity index (χ0n) is 18.8. The Morgan fingerprint density at radius 2 is 1.58 bits per heavy atom. The summed E-state index contributed by atoms with van der Waals surface area (Å²) in [4.78, 5) is 0. The first-order chi connectivity index (χ1) is 16.2. The Labute approximate surface area is 192 Å². The minimum atomic E-state index is -0.0446. The molecule has 0 saturated carbocycles. The Balaban J connectivity index is 1.56. The molecule has 168 valence electrons. The smallest absolute Gasteiger partial charge is 0.203 e. The lowest BCUT2D eigenvalue weighted by molar-refractivity contribution is 0.172. The minimum absolute atomic E-state index is 0.0446. The number of hydrazone groups is 1. The highest BCUT2D eigenvalue weighted by Crippen LogP contribution is 2.43. The Morgan fingerprint density at radius 3 is 2.27 bits per heavy atom. The number of methoxy groups -OCH3 is 3. The number of nitrogens with zero attached hydrogens (tertiary/aromatic N) is 5. The fraction of sp³-hybridized carbons (Fsp3) is 0.240. The average Bonchev–Trinajstić information content (AvgIpc) is 3.48. The van der Waals surface area contributed by atoms with Crippen molar-refractivity contribution in [1.82, 2.24) is 20.0 Å². The van der Waals surface area contributed by atoms with Gasteiger partial charge in [0.05, 0.1) is 38.6 Å². The van der Waals surface area contributed by atoms with Crippen molar-refractivity contribution in [3.63, 3.8) is 0 Å². The molecule has 0 radical (unpaired) electrons. The van der Waals surface area contributed by atoms with Crippen molar-refractivity contribution >= 4 is 16.7 Å². The molecule has 0 aliphatic carbocycles. The second-order valence-corrected chi connectivity index (χ2v) is 7.75. The maximum atomic E-state index is 5.60. The molecule has 0 fully saturated rings. The summed E-state index contributed by atoms with van der Waals surface area (Å²) in [6, 6.07) is 22.1. The van der Waals surface area contributed by atoms with E-state index in [1.165, 1.54) is 0 Å². The molecule has 1 aliphatic rings. The first-order valence-electron chi connectivity index (χ1n) is 10.7. The lowest BCUT2D eigenvalue weighted by Crippen LogP contribution is -2.23. The highest BCUT2D eigenvalue weighted by molar-refractivity contribution is 6.01. The maximum Gasteiger partial charge on any atom is 0.203 e. The molecule has 4 aromatic rings. The normalized spacial score (nSPS) is 15.5. The van der Waals surface area contributed by atoms with Crippen molar-refractivity contribution in [3.05, 3.63) is 77.9 Å².